The van der Waals surface area contributed by atoms with Gasteiger partial charge in [-0.05, 0) is 24.5 Å². The number of benzene rings is 2. The van der Waals surface area contributed by atoms with Crippen molar-refractivity contribution < 1.29 is 5.11 Å². The second-order valence-corrected chi connectivity index (χ2v) is 5.11. The van der Waals surface area contributed by atoms with E-state index in [1.807, 2.05) is 6.07 Å². The largest absolute Gasteiger partial charge is 0.392 e. The monoisotopic (exact) mass is 265 g/mol. The van der Waals surface area contributed by atoms with E-state index >= 15 is 0 Å². The molecule has 3 rings (SSSR count). The molecule has 3 aromatic rings. The van der Waals surface area contributed by atoms with Gasteiger partial charge in [-0.3, -0.25) is 0 Å². The summed E-state index contributed by atoms with van der Waals surface area (Å²) < 4.78 is 2.25. The zero-order chi connectivity index (χ0) is 13.8. The molecular formula is C18H19NO. The topological polar surface area (TPSA) is 25.2 Å². The van der Waals surface area contributed by atoms with E-state index in [4.69, 9.17) is 0 Å². The van der Waals surface area contributed by atoms with Gasteiger partial charge in [0.25, 0.3) is 0 Å². The highest BCUT2D eigenvalue weighted by Crippen LogP contribution is 2.21. The van der Waals surface area contributed by atoms with Crippen LogP contribution in [-0.4, -0.2) is 9.67 Å². The van der Waals surface area contributed by atoms with E-state index < -0.39 is 0 Å². The lowest BCUT2D eigenvalue weighted by Gasteiger charge is -2.05. The summed E-state index contributed by atoms with van der Waals surface area (Å²) in [6, 6.07) is 18.9. The highest BCUT2D eigenvalue weighted by atomic mass is 16.3. The van der Waals surface area contributed by atoms with Crippen LogP contribution in [0.3, 0.4) is 0 Å². The standard InChI is InChI=1S/C18H19NO/c20-14-16-13-19(18-11-5-4-10-17(16)18)12-6-9-15-7-2-1-3-8-15/h1-5,7-8,10-11,13,20H,6,9,12,14H2. The van der Waals surface area contributed by atoms with Gasteiger partial charge in [0, 0.05) is 29.2 Å². The molecule has 1 heterocycles. The van der Waals surface area contributed by atoms with Crippen molar-refractivity contribution in [2.24, 2.45) is 0 Å². The van der Waals surface area contributed by atoms with Crippen LogP contribution in [0, 0.1) is 0 Å². The van der Waals surface area contributed by atoms with Crippen LogP contribution in [0.25, 0.3) is 10.9 Å². The van der Waals surface area contributed by atoms with Gasteiger partial charge in [0.2, 0.25) is 0 Å². The maximum Gasteiger partial charge on any atom is 0.0702 e. The maximum absolute atomic E-state index is 9.44. The predicted molar refractivity (Wildman–Crippen MR) is 82.6 cm³/mol. The van der Waals surface area contributed by atoms with Gasteiger partial charge < -0.3 is 9.67 Å². The molecule has 0 unspecified atom stereocenters. The molecule has 0 aliphatic rings. The lowest BCUT2D eigenvalue weighted by molar-refractivity contribution is 0.283. The number of aromatic nitrogens is 1. The molecule has 20 heavy (non-hydrogen) atoms. The fourth-order valence-corrected chi connectivity index (χ4v) is 2.73. The Hall–Kier alpha value is -2.06. The summed E-state index contributed by atoms with van der Waals surface area (Å²) in [5.74, 6) is 0. The van der Waals surface area contributed by atoms with Gasteiger partial charge in [0.15, 0.2) is 0 Å². The van der Waals surface area contributed by atoms with Crippen molar-refractivity contribution in [2.45, 2.75) is 26.0 Å². The number of para-hydroxylation sites is 1. The number of nitrogens with zero attached hydrogens (tertiary/aromatic N) is 1. The summed E-state index contributed by atoms with van der Waals surface area (Å²) in [5.41, 5.74) is 3.61. The van der Waals surface area contributed by atoms with Crippen molar-refractivity contribution >= 4 is 10.9 Å². The molecule has 0 spiro atoms. The Bertz CT molecular complexity index is 685. The van der Waals surface area contributed by atoms with Crippen molar-refractivity contribution in [1.82, 2.24) is 4.57 Å². The summed E-state index contributed by atoms with van der Waals surface area (Å²) in [4.78, 5) is 0. The van der Waals surface area contributed by atoms with Crippen LogP contribution < -0.4 is 0 Å². The molecule has 0 saturated carbocycles. The third kappa shape index (κ3) is 2.61. The Kier molecular flexibility index (Phi) is 3.84. The molecule has 102 valence electrons. The first kappa shape index (κ1) is 12.9. The number of hydrogen-bond donors (Lipinski definition) is 1. The number of aliphatic hydroxyl groups excluding tert-OH is 1. The predicted octanol–water partition coefficient (Wildman–Crippen LogP) is 3.77. The average Bonchev–Trinajstić information content (AvgIpc) is 2.87. The molecule has 0 bridgehead atoms. The number of fused-ring (bicyclic) bond motifs is 1. The molecule has 0 atom stereocenters. The Morgan fingerprint density at radius 1 is 0.900 bits per heavy atom. The van der Waals surface area contributed by atoms with E-state index in [9.17, 15) is 5.11 Å². The number of aliphatic hydroxyl groups is 1. The smallest absolute Gasteiger partial charge is 0.0702 e. The van der Waals surface area contributed by atoms with Crippen LogP contribution in [0.4, 0.5) is 0 Å². The Morgan fingerprint density at radius 3 is 2.45 bits per heavy atom. The van der Waals surface area contributed by atoms with Crippen molar-refractivity contribution in [3.8, 4) is 0 Å². The van der Waals surface area contributed by atoms with Crippen molar-refractivity contribution in [3.05, 3.63) is 71.9 Å². The number of hydrogen-bond acceptors (Lipinski definition) is 1. The second-order valence-electron chi connectivity index (χ2n) is 5.11. The zero-order valence-corrected chi connectivity index (χ0v) is 11.5. The molecule has 0 aliphatic heterocycles. The van der Waals surface area contributed by atoms with E-state index in [1.54, 1.807) is 0 Å². The minimum absolute atomic E-state index is 0.103. The molecular weight excluding hydrogens is 246 g/mol. The first-order valence-electron chi connectivity index (χ1n) is 7.10. The zero-order valence-electron chi connectivity index (χ0n) is 11.5. The molecule has 2 heteroatoms. The minimum Gasteiger partial charge on any atom is -0.392 e. The van der Waals surface area contributed by atoms with Crippen molar-refractivity contribution in [2.75, 3.05) is 0 Å². The third-order valence-electron chi connectivity index (χ3n) is 3.75. The first-order valence-corrected chi connectivity index (χ1v) is 7.10. The van der Waals surface area contributed by atoms with Gasteiger partial charge in [-0.1, -0.05) is 48.5 Å². The minimum atomic E-state index is 0.103. The summed E-state index contributed by atoms with van der Waals surface area (Å²) in [7, 11) is 0. The maximum atomic E-state index is 9.44. The number of aryl methyl sites for hydroxylation is 2. The van der Waals surface area contributed by atoms with Crippen molar-refractivity contribution in [3.63, 3.8) is 0 Å². The van der Waals surface area contributed by atoms with Gasteiger partial charge in [-0.2, -0.15) is 0 Å². The molecule has 0 radical (unpaired) electrons. The van der Waals surface area contributed by atoms with Crippen molar-refractivity contribution in [1.29, 1.82) is 0 Å². The Balaban J connectivity index is 1.74. The SMILES string of the molecule is OCc1cn(CCCc2ccccc2)c2ccccc12. The summed E-state index contributed by atoms with van der Waals surface area (Å²) in [6.07, 6.45) is 4.27. The highest BCUT2D eigenvalue weighted by Gasteiger charge is 2.06. The highest BCUT2D eigenvalue weighted by molar-refractivity contribution is 5.83. The van der Waals surface area contributed by atoms with E-state index in [0.717, 1.165) is 30.3 Å². The Labute approximate surface area is 119 Å². The third-order valence-corrected chi connectivity index (χ3v) is 3.75. The number of rotatable bonds is 5. The summed E-state index contributed by atoms with van der Waals surface area (Å²) in [5, 5.41) is 10.6. The average molecular weight is 265 g/mol. The molecule has 1 N–H and O–H groups in total. The van der Waals surface area contributed by atoms with Gasteiger partial charge in [-0.15, -0.1) is 0 Å². The lowest BCUT2D eigenvalue weighted by Crippen LogP contribution is -1.98. The molecule has 0 saturated heterocycles. The van der Waals surface area contributed by atoms with E-state index in [0.29, 0.717) is 0 Å². The molecule has 0 fully saturated rings. The van der Waals surface area contributed by atoms with Crippen LogP contribution in [-0.2, 0) is 19.6 Å². The van der Waals surface area contributed by atoms with Gasteiger partial charge in [-0.25, -0.2) is 0 Å². The van der Waals surface area contributed by atoms with Crippen LogP contribution in [0.15, 0.2) is 60.8 Å². The summed E-state index contributed by atoms with van der Waals surface area (Å²) in [6.45, 7) is 1.08. The second kappa shape index (κ2) is 5.93. The summed E-state index contributed by atoms with van der Waals surface area (Å²) >= 11 is 0. The molecule has 2 aromatic carbocycles. The van der Waals surface area contributed by atoms with Crippen LogP contribution in [0.1, 0.15) is 17.5 Å². The normalized spacial score (nSPS) is 11.1. The Morgan fingerprint density at radius 2 is 1.65 bits per heavy atom. The quantitative estimate of drug-likeness (QED) is 0.746. The fourth-order valence-electron chi connectivity index (χ4n) is 2.73. The van der Waals surface area contributed by atoms with Gasteiger partial charge in [0.1, 0.15) is 0 Å². The molecule has 1 aromatic heterocycles. The van der Waals surface area contributed by atoms with Crippen LogP contribution >= 0.6 is 0 Å². The van der Waals surface area contributed by atoms with Gasteiger partial charge >= 0.3 is 0 Å². The van der Waals surface area contributed by atoms with E-state index in [1.165, 1.54) is 11.1 Å². The molecule has 2 nitrogen and oxygen atoms in total. The van der Waals surface area contributed by atoms with Crippen LogP contribution in [0.5, 0.6) is 0 Å². The van der Waals surface area contributed by atoms with Gasteiger partial charge in [0.05, 0.1) is 6.61 Å². The van der Waals surface area contributed by atoms with Crippen LogP contribution in [0.2, 0.25) is 0 Å². The first-order chi connectivity index (χ1) is 9.88. The van der Waals surface area contributed by atoms with E-state index in [-0.39, 0.29) is 6.61 Å². The fraction of sp³-hybridized carbons (Fsp3) is 0.222. The molecule has 0 aliphatic carbocycles. The lowest BCUT2D eigenvalue weighted by atomic mass is 10.1. The van der Waals surface area contributed by atoms with E-state index in [2.05, 4.69) is 59.3 Å². The molecule has 0 amide bonds.